The molecule has 0 spiro atoms. The Bertz CT molecular complexity index is 965. The van der Waals surface area contributed by atoms with Crippen molar-refractivity contribution < 1.29 is 14.3 Å². The number of carbonyl (C=O) groups excluding carboxylic acids is 2. The molecule has 0 aliphatic carbocycles. The molecule has 138 valence electrons. The minimum atomic E-state index is -0.431. The maximum absolute atomic E-state index is 13.0. The van der Waals surface area contributed by atoms with Crippen LogP contribution in [0, 0.1) is 6.92 Å². The van der Waals surface area contributed by atoms with Gasteiger partial charge in [-0.2, -0.15) is 0 Å². The molecule has 0 unspecified atom stereocenters. The van der Waals surface area contributed by atoms with Crippen molar-refractivity contribution in [3.05, 3.63) is 80.6 Å². The van der Waals surface area contributed by atoms with Gasteiger partial charge < -0.3 is 10.1 Å². The van der Waals surface area contributed by atoms with Crippen molar-refractivity contribution >= 4 is 49.7 Å². The lowest BCUT2D eigenvalue weighted by Gasteiger charge is -2.07. The highest BCUT2D eigenvalue weighted by Crippen LogP contribution is 2.37. The van der Waals surface area contributed by atoms with Crippen LogP contribution in [-0.4, -0.2) is 18.4 Å². The average molecular weight is 444 g/mol. The molecule has 6 heteroatoms. The summed E-state index contributed by atoms with van der Waals surface area (Å²) in [4.78, 5) is 26.0. The maximum atomic E-state index is 13.0. The van der Waals surface area contributed by atoms with Gasteiger partial charge in [-0.15, -0.1) is 11.3 Å². The molecule has 4 nitrogen and oxygen atoms in total. The van der Waals surface area contributed by atoms with E-state index in [0.717, 1.165) is 10.2 Å². The SMILES string of the molecule is CCOC(=O)c1c(Nc2ccccc2)sc(C(=O)c2ccc(Br)cc2)c1C. The number of para-hydroxylation sites is 1. The number of hydrogen-bond donors (Lipinski definition) is 1. The maximum Gasteiger partial charge on any atom is 0.341 e. The fraction of sp³-hybridized carbons (Fsp3) is 0.143. The number of anilines is 2. The molecule has 1 aromatic heterocycles. The molecule has 0 atom stereocenters. The largest absolute Gasteiger partial charge is 0.462 e. The van der Waals surface area contributed by atoms with Gasteiger partial charge in [0, 0.05) is 15.7 Å². The number of benzene rings is 2. The first-order chi connectivity index (χ1) is 13.0. The van der Waals surface area contributed by atoms with Crippen molar-refractivity contribution in [1.82, 2.24) is 0 Å². The van der Waals surface area contributed by atoms with Crippen LogP contribution in [0.25, 0.3) is 0 Å². The van der Waals surface area contributed by atoms with E-state index in [2.05, 4.69) is 21.2 Å². The van der Waals surface area contributed by atoms with E-state index >= 15 is 0 Å². The molecule has 2 aromatic carbocycles. The first kappa shape index (κ1) is 19.3. The second kappa shape index (κ2) is 8.50. The van der Waals surface area contributed by atoms with E-state index in [-0.39, 0.29) is 12.4 Å². The Hall–Kier alpha value is -2.44. The Morgan fingerprint density at radius 1 is 1.07 bits per heavy atom. The second-order valence-electron chi connectivity index (χ2n) is 5.81. The number of nitrogens with one attached hydrogen (secondary N) is 1. The van der Waals surface area contributed by atoms with Gasteiger partial charge in [-0.25, -0.2) is 4.79 Å². The van der Waals surface area contributed by atoms with E-state index in [1.54, 1.807) is 26.0 Å². The summed E-state index contributed by atoms with van der Waals surface area (Å²) in [5.74, 6) is -0.545. The van der Waals surface area contributed by atoms with E-state index in [0.29, 0.717) is 26.6 Å². The number of rotatable bonds is 6. The zero-order chi connectivity index (χ0) is 19.4. The molecule has 3 rings (SSSR count). The summed E-state index contributed by atoms with van der Waals surface area (Å²) in [6, 6.07) is 16.7. The number of esters is 1. The van der Waals surface area contributed by atoms with Crippen molar-refractivity contribution in [2.24, 2.45) is 0 Å². The lowest BCUT2D eigenvalue weighted by Crippen LogP contribution is -2.08. The lowest BCUT2D eigenvalue weighted by atomic mass is 10.0. The molecule has 0 saturated carbocycles. The third-order valence-electron chi connectivity index (χ3n) is 3.97. The normalized spacial score (nSPS) is 10.5. The fourth-order valence-electron chi connectivity index (χ4n) is 2.65. The molecule has 1 heterocycles. The predicted molar refractivity (Wildman–Crippen MR) is 112 cm³/mol. The van der Waals surface area contributed by atoms with Gasteiger partial charge in [0.25, 0.3) is 0 Å². The van der Waals surface area contributed by atoms with E-state index in [4.69, 9.17) is 4.74 Å². The highest BCUT2D eigenvalue weighted by atomic mass is 79.9. The summed E-state index contributed by atoms with van der Waals surface area (Å²) in [5.41, 5.74) is 2.45. The molecule has 0 fully saturated rings. The van der Waals surface area contributed by atoms with E-state index in [1.165, 1.54) is 11.3 Å². The smallest absolute Gasteiger partial charge is 0.341 e. The summed E-state index contributed by atoms with van der Waals surface area (Å²) in [5, 5.41) is 3.86. The van der Waals surface area contributed by atoms with Crippen LogP contribution < -0.4 is 5.32 Å². The summed E-state index contributed by atoms with van der Waals surface area (Å²) in [6.45, 7) is 3.82. The van der Waals surface area contributed by atoms with E-state index in [1.807, 2.05) is 42.5 Å². The van der Waals surface area contributed by atoms with Crippen LogP contribution in [0.2, 0.25) is 0 Å². The van der Waals surface area contributed by atoms with Crippen LogP contribution in [0.15, 0.2) is 59.1 Å². The van der Waals surface area contributed by atoms with Gasteiger partial charge in [0.15, 0.2) is 0 Å². The molecule has 0 aliphatic rings. The summed E-state index contributed by atoms with van der Waals surface area (Å²) in [6.07, 6.45) is 0. The first-order valence-corrected chi connectivity index (χ1v) is 10.0. The van der Waals surface area contributed by atoms with Crippen LogP contribution in [0.1, 0.15) is 38.1 Å². The van der Waals surface area contributed by atoms with Gasteiger partial charge in [0.05, 0.1) is 17.0 Å². The van der Waals surface area contributed by atoms with Gasteiger partial charge in [0.2, 0.25) is 5.78 Å². The van der Waals surface area contributed by atoms with Gasteiger partial charge in [-0.05, 0) is 55.8 Å². The first-order valence-electron chi connectivity index (χ1n) is 8.44. The minimum Gasteiger partial charge on any atom is -0.462 e. The van der Waals surface area contributed by atoms with Crippen molar-refractivity contribution in [2.45, 2.75) is 13.8 Å². The minimum absolute atomic E-state index is 0.114. The Balaban J connectivity index is 2.04. The van der Waals surface area contributed by atoms with E-state index in [9.17, 15) is 9.59 Å². The second-order valence-corrected chi connectivity index (χ2v) is 7.74. The molecular formula is C21H18BrNO3S. The zero-order valence-electron chi connectivity index (χ0n) is 14.9. The Labute approximate surface area is 170 Å². The number of thiophene rings is 1. The van der Waals surface area contributed by atoms with Crippen LogP contribution >= 0.6 is 27.3 Å². The standard InChI is InChI=1S/C21H18BrNO3S/c1-3-26-21(25)17-13(2)19(18(24)14-9-11-15(22)12-10-14)27-20(17)23-16-7-5-4-6-8-16/h4-12,23H,3H2,1-2H3. The Morgan fingerprint density at radius 3 is 2.37 bits per heavy atom. The summed E-state index contributed by atoms with van der Waals surface area (Å²) >= 11 is 4.64. The van der Waals surface area contributed by atoms with Gasteiger partial charge in [-0.1, -0.05) is 34.1 Å². The Morgan fingerprint density at radius 2 is 1.74 bits per heavy atom. The zero-order valence-corrected chi connectivity index (χ0v) is 17.3. The number of ketones is 1. The fourth-order valence-corrected chi connectivity index (χ4v) is 4.09. The van der Waals surface area contributed by atoms with Crippen LogP contribution in [0.3, 0.4) is 0 Å². The molecule has 0 aliphatic heterocycles. The molecule has 0 radical (unpaired) electrons. The third-order valence-corrected chi connectivity index (χ3v) is 5.71. The highest BCUT2D eigenvalue weighted by Gasteiger charge is 2.26. The summed E-state index contributed by atoms with van der Waals surface area (Å²) in [7, 11) is 0. The van der Waals surface area contributed by atoms with Crippen molar-refractivity contribution in [2.75, 3.05) is 11.9 Å². The highest BCUT2D eigenvalue weighted by molar-refractivity contribution is 9.10. The van der Waals surface area contributed by atoms with Crippen LogP contribution in [0.5, 0.6) is 0 Å². The average Bonchev–Trinajstić information content (AvgIpc) is 2.99. The van der Waals surface area contributed by atoms with Gasteiger partial charge >= 0.3 is 5.97 Å². The number of halogens is 1. The monoisotopic (exact) mass is 443 g/mol. The topological polar surface area (TPSA) is 55.4 Å². The van der Waals surface area contributed by atoms with Crippen molar-refractivity contribution in [1.29, 1.82) is 0 Å². The van der Waals surface area contributed by atoms with Crippen LogP contribution in [-0.2, 0) is 4.74 Å². The Kier molecular flexibility index (Phi) is 6.08. The molecule has 1 N–H and O–H groups in total. The lowest BCUT2D eigenvalue weighted by molar-refractivity contribution is 0.0527. The molecule has 3 aromatic rings. The van der Waals surface area contributed by atoms with Crippen molar-refractivity contribution in [3.63, 3.8) is 0 Å². The van der Waals surface area contributed by atoms with Gasteiger partial charge in [-0.3, -0.25) is 4.79 Å². The van der Waals surface area contributed by atoms with Crippen LogP contribution in [0.4, 0.5) is 10.7 Å². The number of carbonyl (C=O) groups is 2. The van der Waals surface area contributed by atoms with E-state index < -0.39 is 5.97 Å². The quantitative estimate of drug-likeness (QED) is 0.376. The van der Waals surface area contributed by atoms with Gasteiger partial charge in [0.1, 0.15) is 5.00 Å². The number of ether oxygens (including phenoxy) is 1. The van der Waals surface area contributed by atoms with Crippen molar-refractivity contribution in [3.8, 4) is 0 Å². The molecule has 0 bridgehead atoms. The molecule has 27 heavy (non-hydrogen) atoms. The predicted octanol–water partition coefficient (Wildman–Crippen LogP) is 5.97. The third kappa shape index (κ3) is 4.28. The molecule has 0 saturated heterocycles. The summed E-state index contributed by atoms with van der Waals surface area (Å²) < 4.78 is 6.12. The molecular weight excluding hydrogens is 426 g/mol. The number of hydrogen-bond acceptors (Lipinski definition) is 5. The molecule has 0 amide bonds.